The van der Waals surface area contributed by atoms with Crippen LogP contribution in [0.4, 0.5) is 22.9 Å². The van der Waals surface area contributed by atoms with Gasteiger partial charge in [-0.2, -0.15) is 5.10 Å². The molecule has 0 radical (unpaired) electrons. The summed E-state index contributed by atoms with van der Waals surface area (Å²) in [6.07, 6.45) is 1.75. The highest BCUT2D eigenvalue weighted by Crippen LogP contribution is 2.22. The fourth-order valence-electron chi connectivity index (χ4n) is 3.04. The number of anilines is 4. The first-order chi connectivity index (χ1) is 14.2. The lowest BCUT2D eigenvalue weighted by Gasteiger charge is -2.28. The summed E-state index contributed by atoms with van der Waals surface area (Å²) in [4.78, 5) is 14.6. The fourth-order valence-corrected chi connectivity index (χ4v) is 3.26. The lowest BCUT2D eigenvalue weighted by molar-refractivity contribution is 0.102. The second-order valence-corrected chi connectivity index (χ2v) is 6.94. The van der Waals surface area contributed by atoms with Gasteiger partial charge < -0.3 is 20.3 Å². The van der Waals surface area contributed by atoms with E-state index < -0.39 is 0 Å². The predicted octanol–water partition coefficient (Wildman–Crippen LogP) is 3.96. The summed E-state index contributed by atoms with van der Waals surface area (Å²) in [7, 11) is 0. The van der Waals surface area contributed by atoms with Gasteiger partial charge in [0.05, 0.1) is 35.7 Å². The number of halogens is 1. The number of nitrogens with one attached hydrogen (secondary N) is 2. The minimum Gasteiger partial charge on any atom is -0.378 e. The Labute approximate surface area is 173 Å². The molecule has 7 nitrogen and oxygen atoms in total. The highest BCUT2D eigenvalue weighted by atomic mass is 35.5. The van der Waals surface area contributed by atoms with Gasteiger partial charge in [-0.15, -0.1) is 5.10 Å². The molecule has 4 rings (SSSR count). The molecule has 1 aliphatic rings. The maximum Gasteiger partial charge on any atom is 0.257 e. The van der Waals surface area contributed by atoms with E-state index in [-0.39, 0.29) is 5.91 Å². The molecule has 2 heterocycles. The molecule has 2 aromatic carbocycles. The quantitative estimate of drug-likeness (QED) is 0.664. The Morgan fingerprint density at radius 3 is 2.52 bits per heavy atom. The van der Waals surface area contributed by atoms with Crippen LogP contribution >= 0.6 is 11.6 Å². The van der Waals surface area contributed by atoms with Gasteiger partial charge >= 0.3 is 0 Å². The third kappa shape index (κ3) is 4.82. The summed E-state index contributed by atoms with van der Waals surface area (Å²) < 4.78 is 5.39. The molecule has 148 valence electrons. The van der Waals surface area contributed by atoms with Crippen molar-refractivity contribution in [2.24, 2.45) is 0 Å². The molecule has 0 spiro atoms. The van der Waals surface area contributed by atoms with Crippen LogP contribution in [0.3, 0.4) is 0 Å². The fraction of sp³-hybridized carbons (Fsp3) is 0.190. The van der Waals surface area contributed by atoms with E-state index >= 15 is 0 Å². The SMILES string of the molecule is O=C(Nc1ccc(Nc2cc(N3CCOCC3)cnn2)cc1)c1ccccc1Cl. The van der Waals surface area contributed by atoms with Crippen LogP contribution in [0.1, 0.15) is 10.4 Å². The molecule has 0 saturated carbocycles. The number of carbonyl (C=O) groups is 1. The van der Waals surface area contributed by atoms with E-state index in [1.807, 2.05) is 30.3 Å². The summed E-state index contributed by atoms with van der Waals surface area (Å²) in [6, 6.07) is 16.3. The van der Waals surface area contributed by atoms with Crippen molar-refractivity contribution in [1.82, 2.24) is 10.2 Å². The first-order valence-electron chi connectivity index (χ1n) is 9.27. The number of benzene rings is 2. The van der Waals surface area contributed by atoms with E-state index in [0.717, 1.165) is 24.5 Å². The van der Waals surface area contributed by atoms with Gasteiger partial charge in [0.1, 0.15) is 0 Å². The zero-order valence-corrected chi connectivity index (χ0v) is 16.4. The number of hydrogen-bond donors (Lipinski definition) is 2. The summed E-state index contributed by atoms with van der Waals surface area (Å²) in [5, 5.41) is 14.7. The summed E-state index contributed by atoms with van der Waals surface area (Å²) in [5.74, 6) is 0.405. The Morgan fingerprint density at radius 1 is 1.03 bits per heavy atom. The van der Waals surface area contributed by atoms with E-state index in [4.69, 9.17) is 16.3 Å². The molecular weight excluding hydrogens is 390 g/mol. The molecule has 3 aromatic rings. The maximum atomic E-state index is 12.4. The number of aromatic nitrogens is 2. The largest absolute Gasteiger partial charge is 0.378 e. The third-order valence-corrected chi connectivity index (χ3v) is 4.88. The third-order valence-electron chi connectivity index (χ3n) is 4.55. The van der Waals surface area contributed by atoms with Crippen molar-refractivity contribution in [3.8, 4) is 0 Å². The van der Waals surface area contributed by atoms with Gasteiger partial charge in [0.15, 0.2) is 5.82 Å². The Morgan fingerprint density at radius 2 is 1.76 bits per heavy atom. The molecule has 0 bridgehead atoms. The molecule has 0 atom stereocenters. The number of hydrogen-bond acceptors (Lipinski definition) is 6. The summed E-state index contributed by atoms with van der Waals surface area (Å²) >= 11 is 6.08. The van der Waals surface area contributed by atoms with E-state index in [1.165, 1.54) is 0 Å². The first kappa shape index (κ1) is 19.2. The second kappa shape index (κ2) is 8.89. The number of amides is 1. The molecule has 29 heavy (non-hydrogen) atoms. The Hall–Kier alpha value is -3.16. The van der Waals surface area contributed by atoms with E-state index in [2.05, 4.69) is 25.7 Å². The van der Waals surface area contributed by atoms with Gasteiger partial charge in [-0.3, -0.25) is 4.79 Å². The number of morpholine rings is 1. The number of carbonyl (C=O) groups excluding carboxylic acids is 1. The molecule has 1 aromatic heterocycles. The van der Waals surface area contributed by atoms with Crippen molar-refractivity contribution >= 4 is 40.4 Å². The normalized spacial score (nSPS) is 13.8. The highest BCUT2D eigenvalue weighted by Gasteiger charge is 2.13. The minimum atomic E-state index is -0.250. The Bertz CT molecular complexity index is 990. The summed E-state index contributed by atoms with van der Waals surface area (Å²) in [6.45, 7) is 3.11. The first-order valence-corrected chi connectivity index (χ1v) is 9.65. The van der Waals surface area contributed by atoms with Crippen LogP contribution in [0.5, 0.6) is 0 Å². The van der Waals surface area contributed by atoms with Gasteiger partial charge in [-0.1, -0.05) is 23.7 Å². The van der Waals surface area contributed by atoms with E-state index in [0.29, 0.717) is 35.3 Å². The van der Waals surface area contributed by atoms with Gasteiger partial charge in [-0.05, 0) is 36.4 Å². The van der Waals surface area contributed by atoms with Crippen LogP contribution in [0.25, 0.3) is 0 Å². The lowest BCUT2D eigenvalue weighted by atomic mass is 10.2. The minimum absolute atomic E-state index is 0.250. The molecule has 1 aliphatic heterocycles. The zero-order chi connectivity index (χ0) is 20.1. The Balaban J connectivity index is 1.41. The number of nitrogens with zero attached hydrogens (tertiary/aromatic N) is 3. The summed E-state index contributed by atoms with van der Waals surface area (Å²) in [5.41, 5.74) is 2.96. The van der Waals surface area contributed by atoms with Gasteiger partial charge in [-0.25, -0.2) is 0 Å². The predicted molar refractivity (Wildman–Crippen MR) is 114 cm³/mol. The zero-order valence-electron chi connectivity index (χ0n) is 15.6. The standard InChI is InChI=1S/C21H20ClN5O2/c22-19-4-2-1-3-18(19)21(28)25-16-7-5-15(6-8-16)24-20-13-17(14-23-26-20)27-9-11-29-12-10-27/h1-8,13-14H,9-12H2,(H,24,26)(H,25,28). The molecule has 1 fully saturated rings. The monoisotopic (exact) mass is 409 g/mol. The van der Waals surface area contributed by atoms with Crippen molar-refractivity contribution in [2.75, 3.05) is 41.8 Å². The van der Waals surface area contributed by atoms with Crippen molar-refractivity contribution in [1.29, 1.82) is 0 Å². The van der Waals surface area contributed by atoms with Crippen LogP contribution in [0.15, 0.2) is 60.8 Å². The van der Waals surface area contributed by atoms with Gasteiger partial charge in [0.2, 0.25) is 0 Å². The number of ether oxygens (including phenoxy) is 1. The average molecular weight is 410 g/mol. The van der Waals surface area contributed by atoms with Crippen LogP contribution in [0, 0.1) is 0 Å². The van der Waals surface area contributed by atoms with Crippen LogP contribution in [-0.2, 0) is 4.74 Å². The molecule has 0 unspecified atom stereocenters. The maximum absolute atomic E-state index is 12.4. The second-order valence-electron chi connectivity index (χ2n) is 6.53. The van der Waals surface area contributed by atoms with Gasteiger partial charge in [0, 0.05) is 30.5 Å². The topological polar surface area (TPSA) is 79.4 Å². The molecule has 0 aliphatic carbocycles. The van der Waals surface area contributed by atoms with Crippen molar-refractivity contribution in [3.05, 3.63) is 71.4 Å². The van der Waals surface area contributed by atoms with Crippen molar-refractivity contribution in [3.63, 3.8) is 0 Å². The average Bonchev–Trinajstić information content (AvgIpc) is 2.76. The van der Waals surface area contributed by atoms with Crippen molar-refractivity contribution in [2.45, 2.75) is 0 Å². The highest BCUT2D eigenvalue weighted by molar-refractivity contribution is 6.34. The molecule has 8 heteroatoms. The molecule has 1 saturated heterocycles. The Kier molecular flexibility index (Phi) is 5.88. The molecular formula is C21H20ClN5O2. The van der Waals surface area contributed by atoms with Crippen LogP contribution in [0.2, 0.25) is 5.02 Å². The van der Waals surface area contributed by atoms with Crippen molar-refractivity contribution < 1.29 is 9.53 Å². The molecule has 1 amide bonds. The van der Waals surface area contributed by atoms with E-state index in [9.17, 15) is 4.79 Å². The van der Waals surface area contributed by atoms with E-state index in [1.54, 1.807) is 30.5 Å². The van der Waals surface area contributed by atoms with Gasteiger partial charge in [0.25, 0.3) is 5.91 Å². The molecule has 2 N–H and O–H groups in total. The number of rotatable bonds is 5. The lowest BCUT2D eigenvalue weighted by Crippen LogP contribution is -2.36. The van der Waals surface area contributed by atoms with Crippen LogP contribution in [-0.4, -0.2) is 42.4 Å². The smallest absolute Gasteiger partial charge is 0.257 e. The van der Waals surface area contributed by atoms with Crippen LogP contribution < -0.4 is 15.5 Å².